The maximum atomic E-state index is 14.0. The van der Waals surface area contributed by atoms with Crippen molar-refractivity contribution in [3.05, 3.63) is 24.3 Å². The van der Waals surface area contributed by atoms with Gasteiger partial charge in [-0.2, -0.15) is 17.6 Å². The van der Waals surface area contributed by atoms with Crippen LogP contribution in [0.2, 0.25) is 0 Å². The van der Waals surface area contributed by atoms with Gasteiger partial charge in [0.25, 0.3) is 0 Å². The predicted molar refractivity (Wildman–Crippen MR) is 45.1 cm³/mol. The molecule has 0 aromatic carbocycles. The van der Waals surface area contributed by atoms with Crippen molar-refractivity contribution in [2.24, 2.45) is 5.92 Å². The maximum absolute atomic E-state index is 14.0. The Balaban J connectivity index is 2.85. The van der Waals surface area contributed by atoms with E-state index < -0.39 is 47.2 Å². The van der Waals surface area contributed by atoms with E-state index in [4.69, 9.17) is 0 Å². The van der Waals surface area contributed by atoms with Crippen LogP contribution in [0.15, 0.2) is 24.3 Å². The third kappa shape index (κ3) is 0.958. The lowest BCUT2D eigenvalue weighted by molar-refractivity contribution is -0.351. The molecule has 102 valence electrons. The highest BCUT2D eigenvalue weighted by molar-refractivity contribution is 5.43. The smallest absolute Gasteiger partial charge is 0.229 e. The Kier molecular flexibility index (Phi) is 2.29. The van der Waals surface area contributed by atoms with E-state index in [9.17, 15) is 35.1 Å². The molecular formula is C10H6F8. The maximum Gasteiger partial charge on any atom is 0.354 e. The number of allylic oxidation sites excluding steroid dienone is 3. The highest BCUT2D eigenvalue weighted by Crippen LogP contribution is 2.69. The predicted octanol–water partition coefficient (Wildman–Crippen LogP) is 4.04. The van der Waals surface area contributed by atoms with Crippen molar-refractivity contribution in [3.8, 4) is 0 Å². The molecule has 8 heteroatoms. The molecule has 0 N–H and O–H groups in total. The lowest BCUT2D eigenvalue weighted by Crippen LogP contribution is -2.75. The molecule has 1 saturated carbocycles. The quantitative estimate of drug-likeness (QED) is 0.501. The summed E-state index contributed by atoms with van der Waals surface area (Å²) in [4.78, 5) is 0. The van der Waals surface area contributed by atoms with Gasteiger partial charge in [0.15, 0.2) is 11.7 Å². The summed E-state index contributed by atoms with van der Waals surface area (Å²) >= 11 is 0. The lowest BCUT2D eigenvalue weighted by Gasteiger charge is -2.54. The van der Waals surface area contributed by atoms with Gasteiger partial charge < -0.3 is 0 Å². The first-order valence-corrected chi connectivity index (χ1v) is 4.80. The molecule has 0 saturated heterocycles. The van der Waals surface area contributed by atoms with Gasteiger partial charge >= 0.3 is 11.8 Å². The van der Waals surface area contributed by atoms with E-state index in [-0.39, 0.29) is 0 Å². The Bertz CT molecular complexity index is 453. The van der Waals surface area contributed by atoms with Crippen molar-refractivity contribution in [1.82, 2.24) is 0 Å². The third-order valence-corrected chi connectivity index (χ3v) is 3.51. The molecule has 3 rings (SSSR count). The normalized spacial score (nSPS) is 45.2. The number of hydrogen-bond acceptors (Lipinski definition) is 0. The molecule has 3 aliphatic carbocycles. The highest BCUT2D eigenvalue weighted by Gasteiger charge is 2.89. The van der Waals surface area contributed by atoms with Crippen LogP contribution in [0.3, 0.4) is 0 Å². The number of hydrogen-bond donors (Lipinski definition) is 0. The molecule has 0 heterocycles. The van der Waals surface area contributed by atoms with Gasteiger partial charge in [0.2, 0.25) is 11.3 Å². The van der Waals surface area contributed by atoms with Crippen LogP contribution in [0.1, 0.15) is 6.42 Å². The van der Waals surface area contributed by atoms with Crippen LogP contribution in [0, 0.1) is 5.92 Å². The third-order valence-electron chi connectivity index (χ3n) is 3.51. The second kappa shape index (κ2) is 3.08. The van der Waals surface area contributed by atoms with E-state index in [1.165, 1.54) is 0 Å². The first-order chi connectivity index (χ1) is 7.98. The Labute approximate surface area is 96.0 Å². The van der Waals surface area contributed by atoms with E-state index >= 15 is 0 Å². The standard InChI is InChI=1S/C10H6F8/c1-2-4-3-7(13)5(11)6(12)8(4,14)10(17,18)9(7,15)16/h2,4H,1,3H2. The zero-order valence-corrected chi connectivity index (χ0v) is 8.59. The van der Waals surface area contributed by atoms with Gasteiger partial charge in [-0.1, -0.05) is 6.08 Å². The second-order valence-corrected chi connectivity index (χ2v) is 4.34. The van der Waals surface area contributed by atoms with Crippen molar-refractivity contribution in [1.29, 1.82) is 0 Å². The summed E-state index contributed by atoms with van der Waals surface area (Å²) in [5.41, 5.74) is -9.18. The van der Waals surface area contributed by atoms with Crippen LogP contribution < -0.4 is 0 Å². The molecular weight excluding hydrogens is 272 g/mol. The van der Waals surface area contributed by atoms with Crippen molar-refractivity contribution in [3.63, 3.8) is 0 Å². The van der Waals surface area contributed by atoms with E-state index in [1.807, 2.05) is 0 Å². The Morgan fingerprint density at radius 1 is 0.944 bits per heavy atom. The molecule has 0 aliphatic heterocycles. The summed E-state index contributed by atoms with van der Waals surface area (Å²) in [6.07, 6.45) is -1.25. The summed E-state index contributed by atoms with van der Waals surface area (Å²) in [6.45, 7) is 2.86. The molecule has 0 amide bonds. The van der Waals surface area contributed by atoms with Gasteiger partial charge in [-0.25, -0.2) is 17.6 Å². The average molecular weight is 278 g/mol. The van der Waals surface area contributed by atoms with Gasteiger partial charge in [0.1, 0.15) is 0 Å². The van der Waals surface area contributed by atoms with Gasteiger partial charge in [-0.05, 0) is 0 Å². The largest absolute Gasteiger partial charge is 0.354 e. The first kappa shape index (κ1) is 13.4. The van der Waals surface area contributed by atoms with Crippen LogP contribution >= 0.6 is 0 Å². The summed E-state index contributed by atoms with van der Waals surface area (Å²) in [6, 6.07) is 0. The zero-order chi connectivity index (χ0) is 14.1. The summed E-state index contributed by atoms with van der Waals surface area (Å²) < 4.78 is 107. The molecule has 0 aromatic heterocycles. The molecule has 0 nitrogen and oxygen atoms in total. The monoisotopic (exact) mass is 278 g/mol. The van der Waals surface area contributed by atoms with Gasteiger partial charge in [0, 0.05) is 12.3 Å². The fourth-order valence-corrected chi connectivity index (χ4v) is 2.39. The minimum Gasteiger partial charge on any atom is -0.229 e. The summed E-state index contributed by atoms with van der Waals surface area (Å²) in [7, 11) is 0. The Morgan fingerprint density at radius 2 is 1.44 bits per heavy atom. The molecule has 1 fully saturated rings. The van der Waals surface area contributed by atoms with Crippen LogP contribution in [0.5, 0.6) is 0 Å². The van der Waals surface area contributed by atoms with Crippen LogP contribution in [-0.4, -0.2) is 23.2 Å². The van der Waals surface area contributed by atoms with Crippen molar-refractivity contribution in [2.75, 3.05) is 0 Å². The number of halogens is 8. The summed E-state index contributed by atoms with van der Waals surface area (Å²) in [5, 5.41) is 0. The number of alkyl halides is 6. The van der Waals surface area contributed by atoms with Crippen molar-refractivity contribution in [2.45, 2.75) is 29.6 Å². The van der Waals surface area contributed by atoms with E-state index in [0.29, 0.717) is 6.08 Å². The Morgan fingerprint density at radius 3 is 1.89 bits per heavy atom. The molecule has 3 aliphatic rings. The van der Waals surface area contributed by atoms with Crippen LogP contribution in [0.4, 0.5) is 35.1 Å². The molecule has 2 bridgehead atoms. The number of fused-ring (bicyclic) bond motifs is 2. The molecule has 18 heavy (non-hydrogen) atoms. The Hall–Kier alpha value is -1.08. The van der Waals surface area contributed by atoms with Crippen LogP contribution in [0.25, 0.3) is 0 Å². The minimum absolute atomic E-state index is 0.378. The topological polar surface area (TPSA) is 0 Å². The zero-order valence-electron chi connectivity index (χ0n) is 8.59. The van der Waals surface area contributed by atoms with Crippen LogP contribution in [-0.2, 0) is 0 Å². The molecule has 0 radical (unpaired) electrons. The van der Waals surface area contributed by atoms with Gasteiger partial charge in [0.05, 0.1) is 0 Å². The fourth-order valence-electron chi connectivity index (χ4n) is 2.39. The molecule has 0 aromatic rings. The van der Waals surface area contributed by atoms with Gasteiger partial charge in [-0.15, -0.1) is 6.58 Å². The second-order valence-electron chi connectivity index (χ2n) is 4.34. The fraction of sp³-hybridized carbons (Fsp3) is 0.600. The SMILES string of the molecule is C=CC1CC2(F)C(F)=C(F)C1(F)C(F)(F)C2(F)F. The van der Waals surface area contributed by atoms with E-state index in [1.54, 1.807) is 0 Å². The lowest BCUT2D eigenvalue weighted by atomic mass is 9.60. The summed E-state index contributed by atoms with van der Waals surface area (Å²) in [5.74, 6) is -19.3. The van der Waals surface area contributed by atoms with E-state index in [0.717, 1.165) is 0 Å². The first-order valence-electron chi connectivity index (χ1n) is 4.80. The molecule has 0 spiro atoms. The van der Waals surface area contributed by atoms with E-state index in [2.05, 4.69) is 6.58 Å². The molecule has 3 atom stereocenters. The number of rotatable bonds is 1. The molecule has 3 unspecified atom stereocenters. The van der Waals surface area contributed by atoms with Gasteiger partial charge in [-0.3, -0.25) is 0 Å². The van der Waals surface area contributed by atoms with Crippen molar-refractivity contribution < 1.29 is 35.1 Å². The average Bonchev–Trinajstić information content (AvgIpc) is 2.28. The highest BCUT2D eigenvalue weighted by atomic mass is 19.3. The minimum atomic E-state index is -5.70. The van der Waals surface area contributed by atoms with Crippen molar-refractivity contribution >= 4 is 0 Å².